The minimum absolute atomic E-state index is 0.861. The highest BCUT2D eigenvalue weighted by Gasteiger charge is 2.01. The zero-order valence-electron chi connectivity index (χ0n) is 11.6. The Hall–Kier alpha value is -0.980. The molecule has 1 aromatic rings. The molecule has 1 nitrogen and oxygen atoms in total. The van der Waals surface area contributed by atoms with E-state index < -0.39 is 0 Å². The summed E-state index contributed by atoms with van der Waals surface area (Å²) in [6.07, 6.45) is 7.52. The Bertz CT molecular complexity index is 317. The molecule has 0 heterocycles. The largest absolute Gasteiger partial charge is 0.493 e. The van der Waals surface area contributed by atoms with E-state index in [1.165, 1.54) is 43.2 Å². The molecule has 1 rings (SSSR count). The molecule has 1 aromatic carbocycles. The lowest BCUT2D eigenvalue weighted by molar-refractivity contribution is 0.301. The van der Waals surface area contributed by atoms with Crippen molar-refractivity contribution in [1.82, 2.24) is 0 Å². The lowest BCUT2D eigenvalue weighted by Gasteiger charge is -2.11. The van der Waals surface area contributed by atoms with Gasteiger partial charge in [0.15, 0.2) is 0 Å². The van der Waals surface area contributed by atoms with E-state index in [0.29, 0.717) is 0 Å². The maximum atomic E-state index is 5.89. The highest BCUT2D eigenvalue weighted by atomic mass is 16.5. The fraction of sp³-hybridized carbons (Fsp3) is 0.625. The van der Waals surface area contributed by atoms with Crippen LogP contribution in [0.1, 0.15) is 57.1 Å². The highest BCUT2D eigenvalue weighted by molar-refractivity contribution is 5.37. The van der Waals surface area contributed by atoms with Crippen molar-refractivity contribution in [2.45, 2.75) is 59.3 Å². The molecule has 96 valence electrons. The van der Waals surface area contributed by atoms with Crippen LogP contribution in [0.2, 0.25) is 0 Å². The van der Waals surface area contributed by atoms with Crippen molar-refractivity contribution in [2.75, 3.05) is 6.61 Å². The van der Waals surface area contributed by atoms with Gasteiger partial charge in [0.1, 0.15) is 5.75 Å². The second-order valence-electron chi connectivity index (χ2n) is 4.73. The van der Waals surface area contributed by atoms with Crippen LogP contribution in [0.15, 0.2) is 18.2 Å². The Balaban J connectivity index is 2.32. The molecule has 0 bridgehead atoms. The molecule has 1 heteroatoms. The van der Waals surface area contributed by atoms with E-state index in [-0.39, 0.29) is 0 Å². The second kappa shape index (κ2) is 8.16. The molecule has 0 atom stereocenters. The third-order valence-corrected chi connectivity index (χ3v) is 3.11. The Morgan fingerprint density at radius 3 is 2.47 bits per heavy atom. The van der Waals surface area contributed by atoms with Crippen LogP contribution < -0.4 is 4.74 Å². The molecule has 0 aliphatic rings. The third-order valence-electron chi connectivity index (χ3n) is 3.11. The van der Waals surface area contributed by atoms with Gasteiger partial charge >= 0.3 is 0 Å². The SMILES string of the molecule is CCCCCCCOc1cc(C)ccc1CC. The average Bonchev–Trinajstić information content (AvgIpc) is 2.34. The molecular weight excluding hydrogens is 208 g/mol. The summed E-state index contributed by atoms with van der Waals surface area (Å²) < 4.78 is 5.89. The third kappa shape index (κ3) is 5.25. The van der Waals surface area contributed by atoms with Crippen LogP contribution in [-0.2, 0) is 6.42 Å². The molecule has 0 N–H and O–H groups in total. The van der Waals surface area contributed by atoms with Gasteiger partial charge < -0.3 is 4.74 Å². The molecule has 17 heavy (non-hydrogen) atoms. The van der Waals surface area contributed by atoms with Crippen molar-refractivity contribution in [2.24, 2.45) is 0 Å². The molecule has 0 saturated carbocycles. The Morgan fingerprint density at radius 2 is 1.76 bits per heavy atom. The van der Waals surface area contributed by atoms with Crippen LogP contribution >= 0.6 is 0 Å². The van der Waals surface area contributed by atoms with E-state index in [1.54, 1.807) is 0 Å². The molecule has 0 saturated heterocycles. The number of benzene rings is 1. The summed E-state index contributed by atoms with van der Waals surface area (Å²) in [5.74, 6) is 1.09. The summed E-state index contributed by atoms with van der Waals surface area (Å²) in [6, 6.07) is 6.50. The molecule has 0 amide bonds. The van der Waals surface area contributed by atoms with E-state index in [1.807, 2.05) is 0 Å². The molecule has 0 aliphatic heterocycles. The Kier molecular flexibility index (Phi) is 6.76. The van der Waals surface area contributed by atoms with Crippen molar-refractivity contribution in [3.63, 3.8) is 0 Å². The van der Waals surface area contributed by atoms with Gasteiger partial charge in [-0.2, -0.15) is 0 Å². The summed E-state index contributed by atoms with van der Waals surface area (Å²) in [5.41, 5.74) is 2.60. The maximum Gasteiger partial charge on any atom is 0.122 e. The molecule has 0 fully saturated rings. The van der Waals surface area contributed by atoms with Gasteiger partial charge in [0.05, 0.1) is 6.61 Å². The fourth-order valence-electron chi connectivity index (χ4n) is 1.98. The standard InChI is InChI=1S/C16H26O/c1-4-6-7-8-9-12-17-16-13-14(3)10-11-15(16)5-2/h10-11,13H,4-9,12H2,1-3H3. The number of aryl methyl sites for hydroxylation is 2. The van der Waals surface area contributed by atoms with E-state index >= 15 is 0 Å². The summed E-state index contributed by atoms with van der Waals surface area (Å²) in [5, 5.41) is 0. The first-order chi connectivity index (χ1) is 8.27. The van der Waals surface area contributed by atoms with Crippen LogP contribution in [0, 0.1) is 6.92 Å². The smallest absolute Gasteiger partial charge is 0.122 e. The monoisotopic (exact) mass is 234 g/mol. The quantitative estimate of drug-likeness (QED) is 0.581. The van der Waals surface area contributed by atoms with Gasteiger partial charge in [-0.3, -0.25) is 0 Å². The molecular formula is C16H26O. The summed E-state index contributed by atoms with van der Waals surface area (Å²) in [4.78, 5) is 0. The normalized spacial score (nSPS) is 10.5. The Labute approximate surface area is 106 Å². The van der Waals surface area contributed by atoms with Crippen molar-refractivity contribution >= 4 is 0 Å². The second-order valence-corrected chi connectivity index (χ2v) is 4.73. The first-order valence-corrected chi connectivity index (χ1v) is 7.00. The first-order valence-electron chi connectivity index (χ1n) is 7.00. The van der Waals surface area contributed by atoms with E-state index in [0.717, 1.165) is 18.8 Å². The lowest BCUT2D eigenvalue weighted by Crippen LogP contribution is -2.00. The number of ether oxygens (including phenoxy) is 1. The van der Waals surface area contributed by atoms with Crippen LogP contribution in [-0.4, -0.2) is 6.61 Å². The molecule has 0 radical (unpaired) electrons. The zero-order chi connectivity index (χ0) is 12.5. The van der Waals surface area contributed by atoms with Crippen molar-refractivity contribution in [1.29, 1.82) is 0 Å². The van der Waals surface area contributed by atoms with Gasteiger partial charge in [-0.15, -0.1) is 0 Å². The summed E-state index contributed by atoms with van der Waals surface area (Å²) in [7, 11) is 0. The number of hydrogen-bond donors (Lipinski definition) is 0. The molecule has 0 aromatic heterocycles. The predicted molar refractivity (Wildman–Crippen MR) is 74.8 cm³/mol. The van der Waals surface area contributed by atoms with Gasteiger partial charge in [-0.1, -0.05) is 51.7 Å². The maximum absolute atomic E-state index is 5.89. The van der Waals surface area contributed by atoms with Crippen molar-refractivity contribution < 1.29 is 4.74 Å². The highest BCUT2D eigenvalue weighted by Crippen LogP contribution is 2.21. The van der Waals surface area contributed by atoms with Crippen LogP contribution in [0.25, 0.3) is 0 Å². The van der Waals surface area contributed by atoms with Crippen molar-refractivity contribution in [3.8, 4) is 5.75 Å². The predicted octanol–water partition coefficient (Wildman–Crippen LogP) is 4.91. The fourth-order valence-corrected chi connectivity index (χ4v) is 1.98. The molecule has 0 aliphatic carbocycles. The summed E-state index contributed by atoms with van der Waals surface area (Å²) in [6.45, 7) is 7.41. The van der Waals surface area contributed by atoms with Crippen molar-refractivity contribution in [3.05, 3.63) is 29.3 Å². The topological polar surface area (TPSA) is 9.23 Å². The molecule has 0 unspecified atom stereocenters. The van der Waals surface area contributed by atoms with Crippen LogP contribution in [0.5, 0.6) is 5.75 Å². The minimum Gasteiger partial charge on any atom is -0.493 e. The molecule has 0 spiro atoms. The van der Waals surface area contributed by atoms with Crippen LogP contribution in [0.3, 0.4) is 0 Å². The van der Waals surface area contributed by atoms with Gasteiger partial charge in [0.2, 0.25) is 0 Å². The average molecular weight is 234 g/mol. The number of unbranched alkanes of at least 4 members (excludes halogenated alkanes) is 4. The van der Waals surface area contributed by atoms with E-state index in [9.17, 15) is 0 Å². The van der Waals surface area contributed by atoms with E-state index in [2.05, 4.69) is 39.0 Å². The minimum atomic E-state index is 0.861. The van der Waals surface area contributed by atoms with E-state index in [4.69, 9.17) is 4.74 Å². The lowest BCUT2D eigenvalue weighted by atomic mass is 10.1. The Morgan fingerprint density at radius 1 is 1.00 bits per heavy atom. The van der Waals surface area contributed by atoms with Gasteiger partial charge in [0.25, 0.3) is 0 Å². The van der Waals surface area contributed by atoms with Crippen LogP contribution in [0.4, 0.5) is 0 Å². The number of rotatable bonds is 8. The zero-order valence-corrected chi connectivity index (χ0v) is 11.6. The van der Waals surface area contributed by atoms with Gasteiger partial charge in [-0.05, 0) is 37.0 Å². The van der Waals surface area contributed by atoms with Gasteiger partial charge in [0, 0.05) is 0 Å². The summed E-state index contributed by atoms with van der Waals surface area (Å²) >= 11 is 0. The van der Waals surface area contributed by atoms with Gasteiger partial charge in [-0.25, -0.2) is 0 Å². The first kappa shape index (κ1) is 14.1. The number of hydrogen-bond acceptors (Lipinski definition) is 1.